The van der Waals surface area contributed by atoms with Gasteiger partial charge in [-0.25, -0.2) is 4.98 Å². The minimum absolute atomic E-state index is 0.0512. The summed E-state index contributed by atoms with van der Waals surface area (Å²) in [6.07, 6.45) is 1.64. The van der Waals surface area contributed by atoms with Crippen LogP contribution in [0.15, 0.2) is 36.5 Å². The Hall–Kier alpha value is -2.83. The minimum Gasteiger partial charge on any atom is -0.490 e. The number of methoxy groups -OCH3 is 2. The third-order valence-corrected chi connectivity index (χ3v) is 2.88. The number of nitro groups is 1. The molecule has 0 aliphatic heterocycles. The molecule has 7 heteroatoms. The SMILES string of the molecule is COc1ccc(NCc2ccc(OC)c([N+](=O)[O-])c2)cn1. The molecule has 0 amide bonds. The normalized spacial score (nSPS) is 10.0. The second-order valence-corrected chi connectivity index (χ2v) is 4.21. The number of hydrogen-bond acceptors (Lipinski definition) is 6. The van der Waals surface area contributed by atoms with E-state index in [-0.39, 0.29) is 11.4 Å². The maximum Gasteiger partial charge on any atom is 0.311 e. The fourth-order valence-corrected chi connectivity index (χ4v) is 1.80. The van der Waals surface area contributed by atoms with Gasteiger partial charge in [-0.3, -0.25) is 10.1 Å². The highest BCUT2D eigenvalue weighted by atomic mass is 16.6. The molecule has 1 N–H and O–H groups in total. The van der Waals surface area contributed by atoms with Crippen LogP contribution >= 0.6 is 0 Å². The summed E-state index contributed by atoms with van der Waals surface area (Å²) < 4.78 is 9.94. The number of hydrogen-bond donors (Lipinski definition) is 1. The van der Waals surface area contributed by atoms with E-state index in [0.29, 0.717) is 12.4 Å². The molecule has 110 valence electrons. The molecule has 21 heavy (non-hydrogen) atoms. The van der Waals surface area contributed by atoms with Crippen molar-refractivity contribution in [1.82, 2.24) is 4.98 Å². The molecule has 0 saturated heterocycles. The van der Waals surface area contributed by atoms with Crippen LogP contribution in [0, 0.1) is 10.1 Å². The van der Waals surface area contributed by atoms with E-state index in [4.69, 9.17) is 9.47 Å². The summed E-state index contributed by atoms with van der Waals surface area (Å²) in [5.41, 5.74) is 1.53. The molecule has 0 aliphatic rings. The Morgan fingerprint density at radius 2 is 2.05 bits per heavy atom. The van der Waals surface area contributed by atoms with Crippen molar-refractivity contribution in [2.75, 3.05) is 19.5 Å². The fraction of sp³-hybridized carbons (Fsp3) is 0.214. The van der Waals surface area contributed by atoms with Gasteiger partial charge < -0.3 is 14.8 Å². The molecule has 1 aromatic heterocycles. The summed E-state index contributed by atoms with van der Waals surface area (Å²) in [4.78, 5) is 14.6. The van der Waals surface area contributed by atoms with Crippen molar-refractivity contribution in [3.63, 3.8) is 0 Å². The number of nitro benzene ring substituents is 1. The lowest BCUT2D eigenvalue weighted by molar-refractivity contribution is -0.385. The summed E-state index contributed by atoms with van der Waals surface area (Å²) in [6, 6.07) is 8.41. The summed E-state index contributed by atoms with van der Waals surface area (Å²) in [5.74, 6) is 0.774. The zero-order valence-corrected chi connectivity index (χ0v) is 11.7. The molecule has 2 rings (SSSR count). The molecule has 0 fully saturated rings. The Morgan fingerprint density at radius 3 is 2.62 bits per heavy atom. The average Bonchev–Trinajstić information content (AvgIpc) is 2.53. The molecule has 7 nitrogen and oxygen atoms in total. The summed E-state index contributed by atoms with van der Waals surface area (Å²) in [6.45, 7) is 0.443. The van der Waals surface area contributed by atoms with Gasteiger partial charge in [0.05, 0.1) is 31.0 Å². The molecule has 0 aliphatic carbocycles. The number of pyridine rings is 1. The third-order valence-electron chi connectivity index (χ3n) is 2.88. The molecule has 0 unspecified atom stereocenters. The van der Waals surface area contributed by atoms with Crippen LogP contribution in [-0.4, -0.2) is 24.1 Å². The van der Waals surface area contributed by atoms with Crippen LogP contribution in [0.3, 0.4) is 0 Å². The van der Waals surface area contributed by atoms with Gasteiger partial charge in [0.15, 0.2) is 5.75 Å². The lowest BCUT2D eigenvalue weighted by Crippen LogP contribution is -2.02. The zero-order valence-electron chi connectivity index (χ0n) is 11.7. The van der Waals surface area contributed by atoms with Gasteiger partial charge in [-0.2, -0.15) is 0 Å². The second-order valence-electron chi connectivity index (χ2n) is 4.21. The first-order valence-electron chi connectivity index (χ1n) is 6.19. The van der Waals surface area contributed by atoms with Crippen molar-refractivity contribution in [3.05, 3.63) is 52.2 Å². The Kier molecular flexibility index (Phi) is 4.55. The number of ether oxygens (including phenoxy) is 2. The minimum atomic E-state index is -0.461. The van der Waals surface area contributed by atoms with E-state index in [2.05, 4.69) is 10.3 Å². The molecule has 0 atom stereocenters. The van der Waals surface area contributed by atoms with Crippen molar-refractivity contribution in [1.29, 1.82) is 0 Å². The molecular formula is C14H15N3O4. The van der Waals surface area contributed by atoms with Gasteiger partial charge in [-0.05, 0) is 17.7 Å². The summed E-state index contributed by atoms with van der Waals surface area (Å²) in [7, 11) is 2.95. The highest BCUT2D eigenvalue weighted by Crippen LogP contribution is 2.27. The molecule has 0 radical (unpaired) electrons. The lowest BCUT2D eigenvalue weighted by atomic mass is 10.2. The second kappa shape index (κ2) is 6.56. The van der Waals surface area contributed by atoms with E-state index in [9.17, 15) is 10.1 Å². The fourth-order valence-electron chi connectivity index (χ4n) is 1.80. The first-order valence-corrected chi connectivity index (χ1v) is 6.19. The standard InChI is InChI=1S/C14H15N3O4/c1-20-13-5-3-10(7-12(13)17(18)19)8-15-11-4-6-14(21-2)16-9-11/h3-7,9,15H,8H2,1-2H3. The van der Waals surface area contributed by atoms with Gasteiger partial charge in [-0.15, -0.1) is 0 Å². The first-order chi connectivity index (χ1) is 10.1. The highest BCUT2D eigenvalue weighted by molar-refractivity contribution is 5.50. The maximum atomic E-state index is 11.0. The van der Waals surface area contributed by atoms with Crippen LogP contribution in [0.2, 0.25) is 0 Å². The number of anilines is 1. The Bertz CT molecular complexity index is 629. The van der Waals surface area contributed by atoms with Gasteiger partial charge in [0, 0.05) is 18.7 Å². The van der Waals surface area contributed by atoms with Crippen molar-refractivity contribution in [2.24, 2.45) is 0 Å². The van der Waals surface area contributed by atoms with Crippen LogP contribution in [0.4, 0.5) is 11.4 Å². The van der Waals surface area contributed by atoms with E-state index in [0.717, 1.165) is 11.3 Å². The van der Waals surface area contributed by atoms with Gasteiger partial charge >= 0.3 is 5.69 Å². The van der Waals surface area contributed by atoms with Crippen molar-refractivity contribution in [3.8, 4) is 11.6 Å². The van der Waals surface area contributed by atoms with Gasteiger partial charge in [0.2, 0.25) is 5.88 Å². The number of rotatable bonds is 6. The molecule has 0 bridgehead atoms. The van der Waals surface area contributed by atoms with E-state index in [1.54, 1.807) is 31.5 Å². The molecule has 2 aromatic rings. The van der Waals surface area contributed by atoms with E-state index in [1.165, 1.54) is 13.2 Å². The maximum absolute atomic E-state index is 11.0. The van der Waals surface area contributed by atoms with Crippen molar-refractivity contribution >= 4 is 11.4 Å². The van der Waals surface area contributed by atoms with E-state index in [1.807, 2.05) is 6.07 Å². The van der Waals surface area contributed by atoms with Crippen molar-refractivity contribution < 1.29 is 14.4 Å². The van der Waals surface area contributed by atoms with Crippen LogP contribution in [0.25, 0.3) is 0 Å². The molecular weight excluding hydrogens is 274 g/mol. The Morgan fingerprint density at radius 1 is 1.24 bits per heavy atom. The smallest absolute Gasteiger partial charge is 0.311 e. The van der Waals surface area contributed by atoms with Crippen LogP contribution in [0.1, 0.15) is 5.56 Å². The largest absolute Gasteiger partial charge is 0.490 e. The Balaban J connectivity index is 2.08. The monoisotopic (exact) mass is 289 g/mol. The molecule has 0 spiro atoms. The Labute approximate surface area is 121 Å². The van der Waals surface area contributed by atoms with Gasteiger partial charge in [0.25, 0.3) is 0 Å². The highest BCUT2D eigenvalue weighted by Gasteiger charge is 2.14. The zero-order chi connectivity index (χ0) is 15.2. The predicted octanol–water partition coefficient (Wildman–Crippen LogP) is 2.62. The summed E-state index contributed by atoms with van der Waals surface area (Å²) >= 11 is 0. The van der Waals surface area contributed by atoms with Crippen LogP contribution in [0.5, 0.6) is 11.6 Å². The lowest BCUT2D eigenvalue weighted by Gasteiger charge is -2.08. The van der Waals surface area contributed by atoms with Crippen molar-refractivity contribution in [2.45, 2.75) is 6.54 Å². The molecule has 1 heterocycles. The van der Waals surface area contributed by atoms with E-state index < -0.39 is 4.92 Å². The third kappa shape index (κ3) is 3.59. The van der Waals surface area contributed by atoms with Crippen LogP contribution < -0.4 is 14.8 Å². The van der Waals surface area contributed by atoms with Crippen LogP contribution in [-0.2, 0) is 6.54 Å². The quantitative estimate of drug-likeness (QED) is 0.649. The number of nitrogens with one attached hydrogen (secondary N) is 1. The number of nitrogens with zero attached hydrogens (tertiary/aromatic N) is 2. The van der Waals surface area contributed by atoms with Gasteiger partial charge in [-0.1, -0.05) is 6.07 Å². The molecule has 1 aromatic carbocycles. The number of aromatic nitrogens is 1. The molecule has 0 saturated carbocycles. The predicted molar refractivity (Wildman–Crippen MR) is 77.8 cm³/mol. The van der Waals surface area contributed by atoms with E-state index >= 15 is 0 Å². The topological polar surface area (TPSA) is 86.5 Å². The number of benzene rings is 1. The first kappa shape index (κ1) is 14.6. The summed E-state index contributed by atoms with van der Waals surface area (Å²) in [5, 5.41) is 14.1. The average molecular weight is 289 g/mol. The van der Waals surface area contributed by atoms with Gasteiger partial charge in [0.1, 0.15) is 0 Å².